The largest absolute Gasteiger partial charge is 0.317 e. The SMILES string of the molecule is O=c1cc(C2CCNCC2)nc(Cc2ccsc2)[nH]1. The number of aromatic amines is 1. The van der Waals surface area contributed by atoms with Crippen molar-refractivity contribution in [1.29, 1.82) is 0 Å². The predicted molar refractivity (Wildman–Crippen MR) is 76.8 cm³/mol. The van der Waals surface area contributed by atoms with Gasteiger partial charge in [0.1, 0.15) is 5.82 Å². The van der Waals surface area contributed by atoms with Gasteiger partial charge >= 0.3 is 0 Å². The van der Waals surface area contributed by atoms with Crippen LogP contribution < -0.4 is 10.9 Å². The highest BCUT2D eigenvalue weighted by Gasteiger charge is 2.17. The minimum Gasteiger partial charge on any atom is -0.317 e. The van der Waals surface area contributed by atoms with E-state index in [2.05, 4.69) is 26.7 Å². The Balaban J connectivity index is 1.85. The van der Waals surface area contributed by atoms with Crippen molar-refractivity contribution < 1.29 is 0 Å². The third-order valence-corrected chi connectivity index (χ3v) is 4.25. The van der Waals surface area contributed by atoms with E-state index in [4.69, 9.17) is 0 Å². The zero-order valence-corrected chi connectivity index (χ0v) is 11.5. The van der Waals surface area contributed by atoms with E-state index < -0.39 is 0 Å². The van der Waals surface area contributed by atoms with Crippen LogP contribution in [0.5, 0.6) is 0 Å². The smallest absolute Gasteiger partial charge is 0.251 e. The summed E-state index contributed by atoms with van der Waals surface area (Å²) < 4.78 is 0. The molecule has 0 amide bonds. The van der Waals surface area contributed by atoms with E-state index in [1.165, 1.54) is 5.56 Å². The van der Waals surface area contributed by atoms with Gasteiger partial charge in [-0.25, -0.2) is 4.98 Å². The molecule has 0 radical (unpaired) electrons. The van der Waals surface area contributed by atoms with Gasteiger partial charge in [0, 0.05) is 18.4 Å². The number of rotatable bonds is 3. The molecule has 100 valence electrons. The summed E-state index contributed by atoms with van der Waals surface area (Å²) in [5, 5.41) is 7.48. The first-order valence-electron chi connectivity index (χ1n) is 6.63. The van der Waals surface area contributed by atoms with Gasteiger partial charge in [-0.15, -0.1) is 0 Å². The van der Waals surface area contributed by atoms with Crippen LogP contribution in [0.1, 0.15) is 35.8 Å². The highest BCUT2D eigenvalue weighted by Crippen LogP contribution is 2.22. The average molecular weight is 275 g/mol. The topological polar surface area (TPSA) is 57.8 Å². The number of aromatic nitrogens is 2. The second-order valence-electron chi connectivity index (χ2n) is 4.95. The first-order chi connectivity index (χ1) is 9.31. The molecule has 4 nitrogen and oxygen atoms in total. The van der Waals surface area contributed by atoms with Crippen molar-refractivity contribution in [1.82, 2.24) is 15.3 Å². The summed E-state index contributed by atoms with van der Waals surface area (Å²) in [6, 6.07) is 3.73. The van der Waals surface area contributed by atoms with Gasteiger partial charge in [0.25, 0.3) is 5.56 Å². The van der Waals surface area contributed by atoms with E-state index in [1.807, 2.05) is 5.38 Å². The van der Waals surface area contributed by atoms with Crippen LogP contribution >= 0.6 is 11.3 Å². The van der Waals surface area contributed by atoms with Crippen LogP contribution in [-0.2, 0) is 6.42 Å². The first-order valence-corrected chi connectivity index (χ1v) is 7.57. The Kier molecular flexibility index (Phi) is 3.75. The number of nitrogens with one attached hydrogen (secondary N) is 2. The minimum absolute atomic E-state index is 0.0336. The Bertz CT molecular complexity index is 585. The second-order valence-corrected chi connectivity index (χ2v) is 5.73. The van der Waals surface area contributed by atoms with Gasteiger partial charge in [0.15, 0.2) is 0 Å². The second kappa shape index (κ2) is 5.67. The number of hydrogen-bond acceptors (Lipinski definition) is 4. The number of piperidine rings is 1. The van der Waals surface area contributed by atoms with Gasteiger partial charge in [0.2, 0.25) is 0 Å². The van der Waals surface area contributed by atoms with Crippen LogP contribution in [0.25, 0.3) is 0 Å². The normalized spacial score (nSPS) is 16.6. The molecule has 2 aromatic rings. The molecular formula is C14H17N3OS. The van der Waals surface area contributed by atoms with Crippen LogP contribution in [-0.4, -0.2) is 23.1 Å². The highest BCUT2D eigenvalue weighted by atomic mass is 32.1. The zero-order chi connectivity index (χ0) is 13.1. The fraction of sp³-hybridized carbons (Fsp3) is 0.429. The molecule has 0 saturated carbocycles. The molecule has 0 unspecified atom stereocenters. The Morgan fingerprint density at radius 1 is 1.37 bits per heavy atom. The summed E-state index contributed by atoms with van der Waals surface area (Å²) in [4.78, 5) is 19.3. The molecule has 1 aliphatic heterocycles. The summed E-state index contributed by atoms with van der Waals surface area (Å²) in [6.07, 6.45) is 2.83. The van der Waals surface area contributed by atoms with Gasteiger partial charge in [0.05, 0.1) is 5.69 Å². The molecule has 1 fully saturated rings. The van der Waals surface area contributed by atoms with Crippen molar-refractivity contribution in [3.05, 3.63) is 50.3 Å². The third-order valence-electron chi connectivity index (χ3n) is 3.52. The van der Waals surface area contributed by atoms with E-state index >= 15 is 0 Å². The molecule has 1 saturated heterocycles. The molecule has 2 N–H and O–H groups in total. The Labute approximate surface area is 115 Å². The fourth-order valence-electron chi connectivity index (χ4n) is 2.53. The standard InChI is InChI=1S/C14H17N3OS/c18-14-8-12(11-1-4-15-5-2-11)16-13(17-14)7-10-3-6-19-9-10/h3,6,8-9,11,15H,1-2,4-5,7H2,(H,16,17,18). The molecular weight excluding hydrogens is 258 g/mol. The molecule has 0 aliphatic carbocycles. The minimum atomic E-state index is -0.0336. The zero-order valence-electron chi connectivity index (χ0n) is 10.7. The van der Waals surface area contributed by atoms with Crippen LogP contribution in [0.3, 0.4) is 0 Å². The lowest BCUT2D eigenvalue weighted by molar-refractivity contribution is 0.451. The van der Waals surface area contributed by atoms with Crippen LogP contribution in [0.4, 0.5) is 0 Å². The highest BCUT2D eigenvalue weighted by molar-refractivity contribution is 7.07. The lowest BCUT2D eigenvalue weighted by atomic mass is 9.94. The Morgan fingerprint density at radius 3 is 2.95 bits per heavy atom. The molecule has 3 rings (SSSR count). The van der Waals surface area contributed by atoms with Crippen molar-refractivity contribution in [3.63, 3.8) is 0 Å². The van der Waals surface area contributed by atoms with Crippen LogP contribution in [0, 0.1) is 0 Å². The molecule has 0 bridgehead atoms. The quantitative estimate of drug-likeness (QED) is 0.899. The molecule has 1 aliphatic rings. The molecule has 19 heavy (non-hydrogen) atoms. The molecule has 2 aromatic heterocycles. The van der Waals surface area contributed by atoms with E-state index in [-0.39, 0.29) is 5.56 Å². The third kappa shape index (κ3) is 3.11. The van der Waals surface area contributed by atoms with Crippen molar-refractivity contribution in [2.75, 3.05) is 13.1 Å². The van der Waals surface area contributed by atoms with E-state index in [0.29, 0.717) is 12.3 Å². The van der Waals surface area contributed by atoms with E-state index in [9.17, 15) is 4.79 Å². The maximum Gasteiger partial charge on any atom is 0.251 e. The number of nitrogens with zero attached hydrogens (tertiary/aromatic N) is 1. The van der Waals surface area contributed by atoms with Crippen molar-refractivity contribution in [2.24, 2.45) is 0 Å². The lowest BCUT2D eigenvalue weighted by Crippen LogP contribution is -2.28. The van der Waals surface area contributed by atoms with Crippen LogP contribution in [0.2, 0.25) is 0 Å². The fourth-order valence-corrected chi connectivity index (χ4v) is 3.19. The van der Waals surface area contributed by atoms with Crippen molar-refractivity contribution in [3.8, 4) is 0 Å². The van der Waals surface area contributed by atoms with Gasteiger partial charge in [-0.3, -0.25) is 4.79 Å². The Hall–Kier alpha value is -1.46. The maximum atomic E-state index is 11.8. The van der Waals surface area contributed by atoms with Gasteiger partial charge in [-0.05, 0) is 48.3 Å². The number of thiophene rings is 1. The van der Waals surface area contributed by atoms with Crippen LogP contribution in [0.15, 0.2) is 27.7 Å². The van der Waals surface area contributed by atoms with E-state index in [1.54, 1.807) is 17.4 Å². The molecule has 5 heteroatoms. The van der Waals surface area contributed by atoms with Gasteiger partial charge < -0.3 is 10.3 Å². The maximum absolute atomic E-state index is 11.8. The molecule has 0 aromatic carbocycles. The lowest BCUT2D eigenvalue weighted by Gasteiger charge is -2.22. The number of H-pyrrole nitrogens is 1. The van der Waals surface area contributed by atoms with Gasteiger partial charge in [-0.1, -0.05) is 0 Å². The summed E-state index contributed by atoms with van der Waals surface area (Å²) in [5.74, 6) is 1.20. The summed E-state index contributed by atoms with van der Waals surface area (Å²) in [6.45, 7) is 2.03. The summed E-state index contributed by atoms with van der Waals surface area (Å²) in [5.41, 5.74) is 2.12. The molecule has 0 spiro atoms. The molecule has 0 atom stereocenters. The Morgan fingerprint density at radius 2 is 2.21 bits per heavy atom. The molecule has 3 heterocycles. The predicted octanol–water partition coefficient (Wildman–Crippen LogP) is 1.89. The summed E-state index contributed by atoms with van der Waals surface area (Å²) in [7, 11) is 0. The number of hydrogen-bond donors (Lipinski definition) is 2. The van der Waals surface area contributed by atoms with E-state index in [0.717, 1.165) is 37.4 Å². The van der Waals surface area contributed by atoms with Gasteiger partial charge in [-0.2, -0.15) is 11.3 Å². The summed E-state index contributed by atoms with van der Waals surface area (Å²) >= 11 is 1.67. The van der Waals surface area contributed by atoms with Crippen molar-refractivity contribution in [2.45, 2.75) is 25.2 Å². The van der Waals surface area contributed by atoms with Crippen molar-refractivity contribution >= 4 is 11.3 Å². The average Bonchev–Trinajstić information content (AvgIpc) is 2.92. The first kappa shape index (κ1) is 12.6. The monoisotopic (exact) mass is 275 g/mol.